The number of amides is 1. The van der Waals surface area contributed by atoms with Gasteiger partial charge in [0.25, 0.3) is 5.91 Å². The van der Waals surface area contributed by atoms with Crippen molar-refractivity contribution in [3.8, 4) is 11.6 Å². The van der Waals surface area contributed by atoms with E-state index in [1.165, 1.54) is 128 Å². The van der Waals surface area contributed by atoms with E-state index in [-0.39, 0.29) is 42.3 Å². The number of halogens is 2. The maximum atomic E-state index is 12.8. The Balaban J connectivity index is 0.000000204. The molecule has 15 heteroatoms. The smallest absolute Gasteiger partial charge is 0.337 e. The highest BCUT2D eigenvalue weighted by Gasteiger charge is 2.29. The van der Waals surface area contributed by atoms with Crippen LogP contribution in [0.5, 0.6) is 0 Å². The van der Waals surface area contributed by atoms with E-state index in [4.69, 9.17) is 10.8 Å². The summed E-state index contributed by atoms with van der Waals surface area (Å²) in [5, 5.41) is 20.1. The Morgan fingerprint density at radius 1 is 0.649 bits per heavy atom. The van der Waals surface area contributed by atoms with Crippen LogP contribution in [0.3, 0.4) is 0 Å². The van der Waals surface area contributed by atoms with E-state index in [0.29, 0.717) is 23.3 Å². The molecular weight excluding hydrogens is 763 g/mol. The quantitative estimate of drug-likeness (QED) is 0.163. The van der Waals surface area contributed by atoms with Gasteiger partial charge in [-0.15, -0.1) is 24.8 Å². The summed E-state index contributed by atoms with van der Waals surface area (Å²) in [7, 11) is 0. The molecule has 4 atom stereocenters. The summed E-state index contributed by atoms with van der Waals surface area (Å²) in [6.07, 6.45) is 28.3. The van der Waals surface area contributed by atoms with E-state index in [1.807, 2.05) is 24.4 Å². The molecule has 57 heavy (non-hydrogen) atoms. The molecule has 0 spiro atoms. The minimum Gasteiger partial charge on any atom is -0.478 e. The molecule has 13 nitrogen and oxygen atoms in total. The van der Waals surface area contributed by atoms with E-state index in [0.717, 1.165) is 24.7 Å². The molecule has 2 saturated heterocycles. The zero-order chi connectivity index (χ0) is 38.2. The van der Waals surface area contributed by atoms with Crippen molar-refractivity contribution < 1.29 is 14.7 Å². The zero-order valence-corrected chi connectivity index (χ0v) is 34.7. The molecule has 2 saturated carbocycles. The van der Waals surface area contributed by atoms with Crippen molar-refractivity contribution in [1.82, 2.24) is 44.6 Å². The molecule has 1 amide bonds. The maximum Gasteiger partial charge on any atom is 0.337 e. The first kappa shape index (κ1) is 45.8. The van der Waals surface area contributed by atoms with E-state index in [9.17, 15) is 9.59 Å². The molecule has 8 rings (SSSR count). The molecule has 312 valence electrons. The molecule has 0 bridgehead atoms. The molecule has 4 N–H and O–H groups in total. The fourth-order valence-corrected chi connectivity index (χ4v) is 8.39. The van der Waals surface area contributed by atoms with Crippen LogP contribution >= 0.6 is 24.8 Å². The van der Waals surface area contributed by atoms with E-state index in [2.05, 4.69) is 35.3 Å². The van der Waals surface area contributed by atoms with Crippen molar-refractivity contribution in [3.05, 3.63) is 84.7 Å². The Labute approximate surface area is 350 Å². The van der Waals surface area contributed by atoms with Gasteiger partial charge in [0.2, 0.25) is 0 Å². The number of hydrogen-bond acceptors (Lipinski definition) is 9. The molecular formula is C42H62Cl2N10O3. The number of nitrogens with one attached hydrogen (secondary N) is 1. The van der Waals surface area contributed by atoms with Crippen molar-refractivity contribution in [3.63, 3.8) is 0 Å². The third-order valence-corrected chi connectivity index (χ3v) is 11.6. The minimum absolute atomic E-state index is 0. The summed E-state index contributed by atoms with van der Waals surface area (Å²) in [4.78, 5) is 36.9. The molecule has 2 aliphatic carbocycles. The molecule has 0 radical (unpaired) electrons. The fourth-order valence-electron chi connectivity index (χ4n) is 8.39. The SMILES string of the molecule is Cl.Cl.N[C@H]1CCCC[C@@H]1CN1CCCCC1.O=C(N[C@H]1CCCC[C@@H]1CN1CCCCC1)c1ccc(-n2cccn2)nc1.O=C(O)c1ccc(-n2cccn2)nc1. The molecule has 0 unspecified atom stereocenters. The van der Waals surface area contributed by atoms with Crippen molar-refractivity contribution in [1.29, 1.82) is 0 Å². The maximum absolute atomic E-state index is 12.8. The number of aromatic nitrogens is 6. The highest BCUT2D eigenvalue weighted by molar-refractivity contribution is 5.94. The number of carbonyl (C=O) groups excluding carboxylic acids is 1. The largest absolute Gasteiger partial charge is 0.478 e. The van der Waals surface area contributed by atoms with Crippen LogP contribution in [0.1, 0.15) is 111 Å². The van der Waals surface area contributed by atoms with Crippen molar-refractivity contribution in [2.45, 2.75) is 102 Å². The van der Waals surface area contributed by atoms with Gasteiger partial charge in [0.1, 0.15) is 0 Å². The Kier molecular flexibility index (Phi) is 19.4. The van der Waals surface area contributed by atoms with Crippen LogP contribution in [-0.4, -0.2) is 108 Å². The predicted molar refractivity (Wildman–Crippen MR) is 228 cm³/mol. The zero-order valence-electron chi connectivity index (χ0n) is 33.1. The average Bonchev–Trinajstić information content (AvgIpc) is 3.98. The molecule has 2 aliphatic heterocycles. The van der Waals surface area contributed by atoms with E-state index < -0.39 is 5.97 Å². The second kappa shape index (κ2) is 24.1. The first-order valence-electron chi connectivity index (χ1n) is 20.6. The van der Waals surface area contributed by atoms with Crippen LogP contribution in [0.25, 0.3) is 11.6 Å². The van der Waals surface area contributed by atoms with Crippen LogP contribution in [-0.2, 0) is 0 Å². The monoisotopic (exact) mass is 824 g/mol. The van der Waals surface area contributed by atoms with E-state index in [1.54, 1.807) is 46.3 Å². The van der Waals surface area contributed by atoms with Gasteiger partial charge in [-0.2, -0.15) is 10.2 Å². The number of aromatic carboxylic acids is 1. The topological polar surface area (TPSA) is 160 Å². The first-order valence-corrected chi connectivity index (χ1v) is 20.6. The number of rotatable bonds is 9. The van der Waals surface area contributed by atoms with Crippen LogP contribution in [0.15, 0.2) is 73.6 Å². The molecule has 4 aromatic heterocycles. The first-order chi connectivity index (χ1) is 26.9. The number of piperidine rings is 2. The summed E-state index contributed by atoms with van der Waals surface area (Å²) in [6.45, 7) is 7.49. The lowest BCUT2D eigenvalue weighted by Crippen LogP contribution is -2.47. The van der Waals surface area contributed by atoms with Crippen LogP contribution in [0.4, 0.5) is 0 Å². The average molecular weight is 826 g/mol. The van der Waals surface area contributed by atoms with Gasteiger partial charge in [0.15, 0.2) is 11.6 Å². The van der Waals surface area contributed by atoms with Gasteiger partial charge >= 0.3 is 5.97 Å². The van der Waals surface area contributed by atoms with Crippen molar-refractivity contribution in [2.24, 2.45) is 17.6 Å². The Morgan fingerprint density at radius 3 is 1.61 bits per heavy atom. The second-order valence-corrected chi connectivity index (χ2v) is 15.6. The third-order valence-electron chi connectivity index (χ3n) is 11.6. The summed E-state index contributed by atoms with van der Waals surface area (Å²) in [5.74, 6) is 1.69. The summed E-state index contributed by atoms with van der Waals surface area (Å²) < 4.78 is 3.25. The van der Waals surface area contributed by atoms with Crippen LogP contribution in [0.2, 0.25) is 0 Å². The number of carboxylic acid groups (broad SMARTS) is 1. The summed E-state index contributed by atoms with van der Waals surface area (Å²) >= 11 is 0. The molecule has 4 fully saturated rings. The third kappa shape index (κ3) is 14.2. The number of carbonyl (C=O) groups is 2. The minimum atomic E-state index is -0.982. The van der Waals surface area contributed by atoms with Crippen LogP contribution < -0.4 is 11.1 Å². The predicted octanol–water partition coefficient (Wildman–Crippen LogP) is 6.84. The Bertz CT molecular complexity index is 1700. The Hall–Kier alpha value is -3.88. The standard InChI is InChI=1S/C21H29N5O.C12H24N2.C9H7N3O2.2ClH/c27-21(17-9-10-20(22-15-17)26-14-6-11-23-26)24-19-8-3-2-7-18(19)16-25-12-4-1-5-13-25;13-12-7-3-2-6-11(12)10-14-8-4-1-5-9-14;13-9(14)7-2-3-8(10-6-7)12-5-1-4-11-12;;/h6,9-11,14-15,18-19H,1-5,7-8,12-13,16H2,(H,24,27);11-12H,1-10,13H2;1-6H,(H,13,14);2*1H/t18-,19+;11-,12+;;;/m11.../s1. The van der Waals surface area contributed by atoms with E-state index >= 15 is 0 Å². The molecule has 0 aromatic carbocycles. The lowest BCUT2D eigenvalue weighted by molar-refractivity contribution is 0.0696. The second-order valence-electron chi connectivity index (χ2n) is 15.6. The van der Waals surface area contributed by atoms with Gasteiger partial charge in [-0.3, -0.25) is 4.79 Å². The van der Waals surface area contributed by atoms with Gasteiger partial charge in [-0.1, -0.05) is 38.5 Å². The normalized spacial score (nSPS) is 22.5. The number of nitrogens with two attached hydrogens (primary N) is 1. The van der Waals surface area contributed by atoms with Gasteiger partial charge in [0.05, 0.1) is 11.1 Å². The van der Waals surface area contributed by atoms with Crippen molar-refractivity contribution >= 4 is 36.7 Å². The number of likely N-dealkylation sites (tertiary alicyclic amines) is 2. The number of pyridine rings is 2. The van der Waals surface area contributed by atoms with Gasteiger partial charge < -0.3 is 26.0 Å². The molecule has 6 heterocycles. The molecule has 4 aromatic rings. The number of hydrogen-bond donors (Lipinski definition) is 3. The lowest BCUT2D eigenvalue weighted by Gasteiger charge is -2.37. The van der Waals surface area contributed by atoms with Gasteiger partial charge in [-0.25, -0.2) is 24.1 Å². The fraction of sp³-hybridized carbons (Fsp3) is 0.571. The van der Waals surface area contributed by atoms with Gasteiger partial charge in [-0.05, 0) is 126 Å². The number of carboxylic acids is 1. The summed E-state index contributed by atoms with van der Waals surface area (Å²) in [5.41, 5.74) is 6.96. The van der Waals surface area contributed by atoms with Crippen molar-refractivity contribution in [2.75, 3.05) is 39.3 Å². The number of nitrogens with zero attached hydrogens (tertiary/aromatic N) is 8. The van der Waals surface area contributed by atoms with Gasteiger partial charge in [0, 0.05) is 62.4 Å². The Morgan fingerprint density at radius 2 is 1.14 bits per heavy atom. The lowest BCUT2D eigenvalue weighted by atomic mass is 9.83. The summed E-state index contributed by atoms with van der Waals surface area (Å²) in [6, 6.07) is 11.2. The molecule has 4 aliphatic rings. The van der Waals surface area contributed by atoms with Crippen LogP contribution in [0, 0.1) is 11.8 Å². The highest BCUT2D eigenvalue weighted by Crippen LogP contribution is 2.27. The highest BCUT2D eigenvalue weighted by atomic mass is 35.5.